The Balaban J connectivity index is 1.34. The van der Waals surface area contributed by atoms with E-state index in [0.717, 1.165) is 39.1 Å². The Kier molecular flexibility index (Phi) is 5.85. The van der Waals surface area contributed by atoms with Gasteiger partial charge in [0.05, 0.1) is 30.8 Å². The first-order valence-electron chi connectivity index (χ1n) is 10.4. The lowest BCUT2D eigenvalue weighted by molar-refractivity contribution is 0.0330. The highest BCUT2D eigenvalue weighted by atomic mass is 32.2. The van der Waals surface area contributed by atoms with Crippen molar-refractivity contribution in [3.63, 3.8) is 0 Å². The summed E-state index contributed by atoms with van der Waals surface area (Å²) in [4.78, 5) is 24.5. The van der Waals surface area contributed by atoms with Crippen molar-refractivity contribution in [2.75, 3.05) is 38.6 Å². The van der Waals surface area contributed by atoms with Gasteiger partial charge >= 0.3 is 0 Å². The molecule has 3 aromatic rings. The molecule has 0 radical (unpaired) electrons. The zero-order valence-electron chi connectivity index (χ0n) is 17.3. The van der Waals surface area contributed by atoms with Gasteiger partial charge in [0.15, 0.2) is 0 Å². The van der Waals surface area contributed by atoms with E-state index in [-0.39, 0.29) is 17.0 Å². The Labute approximate surface area is 190 Å². The molecule has 5 rings (SSSR count). The van der Waals surface area contributed by atoms with Gasteiger partial charge in [-0.2, -0.15) is 0 Å². The maximum Gasteiger partial charge on any atom is 0.269 e. The Bertz CT molecular complexity index is 1280. The molecule has 0 N–H and O–H groups in total. The average Bonchev–Trinajstić information content (AvgIpc) is 3.00. The van der Waals surface area contributed by atoms with Gasteiger partial charge in [0.1, 0.15) is 15.7 Å². The number of sulfonamides is 1. The van der Waals surface area contributed by atoms with E-state index in [1.54, 1.807) is 18.2 Å². The molecule has 0 atom stereocenters. The van der Waals surface area contributed by atoms with Crippen molar-refractivity contribution in [1.82, 2.24) is 19.2 Å². The molecule has 2 aliphatic rings. The molecule has 10 heteroatoms. The third-order valence-electron chi connectivity index (χ3n) is 5.53. The summed E-state index contributed by atoms with van der Waals surface area (Å²) in [6, 6.07) is 14.1. The van der Waals surface area contributed by atoms with Crippen LogP contribution in [0.2, 0.25) is 0 Å². The van der Waals surface area contributed by atoms with E-state index in [1.165, 1.54) is 17.8 Å². The second kappa shape index (κ2) is 8.78. The number of morpholine rings is 1. The van der Waals surface area contributed by atoms with Crippen LogP contribution in [0.4, 0.5) is 0 Å². The van der Waals surface area contributed by atoms with Crippen molar-refractivity contribution in [3.8, 4) is 0 Å². The first-order chi connectivity index (χ1) is 15.5. The molecular formula is C22H22N4O4S2. The number of fused-ring (bicyclic) bond motifs is 2. The van der Waals surface area contributed by atoms with Gasteiger partial charge in [-0.25, -0.2) is 22.7 Å². The largest absolute Gasteiger partial charge is 0.379 e. The molecule has 8 nitrogen and oxygen atoms in total. The van der Waals surface area contributed by atoms with Crippen LogP contribution in [0, 0.1) is 0 Å². The lowest BCUT2D eigenvalue weighted by Gasteiger charge is -2.26. The van der Waals surface area contributed by atoms with Crippen LogP contribution in [-0.4, -0.2) is 72.1 Å². The number of thioether (sulfide) groups is 1. The monoisotopic (exact) mass is 470 g/mol. The molecule has 0 bridgehead atoms. The molecule has 2 aromatic carbocycles. The minimum Gasteiger partial charge on any atom is -0.379 e. The molecule has 2 aliphatic heterocycles. The van der Waals surface area contributed by atoms with Gasteiger partial charge in [-0.15, -0.1) is 11.8 Å². The van der Waals surface area contributed by atoms with E-state index < -0.39 is 15.9 Å². The van der Waals surface area contributed by atoms with E-state index >= 15 is 0 Å². The third-order valence-corrected chi connectivity index (χ3v) is 8.34. The summed E-state index contributed by atoms with van der Waals surface area (Å²) in [7, 11) is -3.80. The molecule has 0 unspecified atom stereocenters. The SMILES string of the molecule is O=C1c2ccccc2S(=O)(=O)N1CCSc1nc(CN2CCOCC2)nc2ccccc12. The highest BCUT2D eigenvalue weighted by Gasteiger charge is 2.40. The van der Waals surface area contributed by atoms with Gasteiger partial charge in [0.2, 0.25) is 0 Å². The Morgan fingerprint density at radius 1 is 1.00 bits per heavy atom. The first kappa shape index (κ1) is 21.3. The summed E-state index contributed by atoms with van der Waals surface area (Å²) < 4.78 is 31.9. The number of hydrogen-bond donors (Lipinski definition) is 0. The summed E-state index contributed by atoms with van der Waals surface area (Å²) in [5.74, 6) is 0.656. The Morgan fingerprint density at radius 3 is 2.56 bits per heavy atom. The molecule has 0 aliphatic carbocycles. The Hall–Kier alpha value is -2.53. The standard InChI is InChI=1S/C22H22N4O4S2/c27-22-17-6-2-4-8-19(17)32(28,29)26(22)11-14-31-21-16-5-1-3-7-18(16)23-20(24-21)15-25-9-12-30-13-10-25/h1-8H,9-15H2. The normalized spacial score (nSPS) is 18.2. The molecule has 0 saturated carbocycles. The molecule has 1 saturated heterocycles. The van der Waals surface area contributed by atoms with Crippen LogP contribution in [0.1, 0.15) is 16.2 Å². The number of para-hydroxylation sites is 1. The highest BCUT2D eigenvalue weighted by molar-refractivity contribution is 7.99. The van der Waals surface area contributed by atoms with Crippen LogP contribution in [0.15, 0.2) is 58.5 Å². The second-order valence-electron chi connectivity index (χ2n) is 7.58. The van der Waals surface area contributed by atoms with E-state index in [2.05, 4.69) is 4.90 Å². The first-order valence-corrected chi connectivity index (χ1v) is 12.8. The molecule has 32 heavy (non-hydrogen) atoms. The number of rotatable bonds is 6. The predicted molar refractivity (Wildman–Crippen MR) is 121 cm³/mol. The van der Waals surface area contributed by atoms with Gasteiger partial charge in [0, 0.05) is 30.8 Å². The van der Waals surface area contributed by atoms with E-state index in [0.29, 0.717) is 25.5 Å². The van der Waals surface area contributed by atoms with Crippen LogP contribution >= 0.6 is 11.8 Å². The number of carbonyl (C=O) groups excluding carboxylic acids is 1. The maximum atomic E-state index is 12.8. The molecule has 1 fully saturated rings. The molecular weight excluding hydrogens is 448 g/mol. The third kappa shape index (κ3) is 3.99. The smallest absolute Gasteiger partial charge is 0.269 e. The van der Waals surface area contributed by atoms with Crippen LogP contribution in [0.3, 0.4) is 0 Å². The minimum absolute atomic E-state index is 0.0790. The van der Waals surface area contributed by atoms with E-state index in [4.69, 9.17) is 14.7 Å². The van der Waals surface area contributed by atoms with Crippen LogP contribution in [0.25, 0.3) is 10.9 Å². The van der Waals surface area contributed by atoms with Crippen molar-refractivity contribution in [3.05, 3.63) is 59.9 Å². The summed E-state index contributed by atoms with van der Waals surface area (Å²) in [5, 5.41) is 1.71. The van der Waals surface area contributed by atoms with E-state index in [1.807, 2.05) is 24.3 Å². The number of benzene rings is 2. The number of hydrogen-bond acceptors (Lipinski definition) is 8. The number of aromatic nitrogens is 2. The van der Waals surface area contributed by atoms with Gasteiger partial charge in [-0.05, 0) is 18.2 Å². The molecule has 1 amide bonds. The van der Waals surface area contributed by atoms with Gasteiger partial charge in [0.25, 0.3) is 15.9 Å². The van der Waals surface area contributed by atoms with Crippen LogP contribution in [-0.2, 0) is 21.3 Å². The maximum absolute atomic E-state index is 12.8. The van der Waals surface area contributed by atoms with Crippen LogP contribution in [0.5, 0.6) is 0 Å². The van der Waals surface area contributed by atoms with Gasteiger partial charge < -0.3 is 4.74 Å². The highest BCUT2D eigenvalue weighted by Crippen LogP contribution is 2.31. The van der Waals surface area contributed by atoms with Crippen molar-refractivity contribution in [2.24, 2.45) is 0 Å². The summed E-state index contributed by atoms with van der Waals surface area (Å²) in [5.41, 5.74) is 1.09. The lowest BCUT2D eigenvalue weighted by Crippen LogP contribution is -2.36. The number of nitrogens with zero attached hydrogens (tertiary/aromatic N) is 4. The Morgan fingerprint density at radius 2 is 1.75 bits per heavy atom. The fourth-order valence-corrected chi connectivity index (χ4v) is 6.56. The fraction of sp³-hybridized carbons (Fsp3) is 0.318. The number of carbonyl (C=O) groups is 1. The molecule has 166 valence electrons. The van der Waals surface area contributed by atoms with Crippen molar-refractivity contribution in [2.45, 2.75) is 16.5 Å². The predicted octanol–water partition coefficient (Wildman–Crippen LogP) is 2.40. The quantitative estimate of drug-likeness (QED) is 0.401. The molecule has 1 aromatic heterocycles. The zero-order valence-corrected chi connectivity index (χ0v) is 18.9. The number of ether oxygens (including phenoxy) is 1. The van der Waals surface area contributed by atoms with E-state index in [9.17, 15) is 13.2 Å². The fourth-order valence-electron chi connectivity index (χ4n) is 3.91. The minimum atomic E-state index is -3.80. The average molecular weight is 471 g/mol. The summed E-state index contributed by atoms with van der Waals surface area (Å²) in [6.45, 7) is 3.81. The zero-order chi connectivity index (χ0) is 22.1. The summed E-state index contributed by atoms with van der Waals surface area (Å²) >= 11 is 1.44. The molecule has 3 heterocycles. The second-order valence-corrected chi connectivity index (χ2v) is 10.5. The molecule has 0 spiro atoms. The van der Waals surface area contributed by atoms with Crippen molar-refractivity contribution in [1.29, 1.82) is 0 Å². The van der Waals surface area contributed by atoms with Gasteiger partial charge in [-0.1, -0.05) is 30.3 Å². The van der Waals surface area contributed by atoms with Crippen molar-refractivity contribution < 1.29 is 17.9 Å². The van der Waals surface area contributed by atoms with Crippen LogP contribution < -0.4 is 0 Å². The topological polar surface area (TPSA) is 92.7 Å². The number of amides is 1. The summed E-state index contributed by atoms with van der Waals surface area (Å²) in [6.07, 6.45) is 0. The van der Waals surface area contributed by atoms with Gasteiger partial charge in [-0.3, -0.25) is 9.69 Å². The lowest BCUT2D eigenvalue weighted by atomic mass is 10.2. The van der Waals surface area contributed by atoms with Crippen molar-refractivity contribution >= 4 is 38.6 Å².